The van der Waals surface area contributed by atoms with Crippen molar-refractivity contribution in [1.82, 2.24) is 4.90 Å². The quantitative estimate of drug-likeness (QED) is 0.624. The molecular weight excluding hydrogens is 314 g/mol. The Morgan fingerprint density at radius 2 is 1.88 bits per heavy atom. The fraction of sp³-hybridized carbons (Fsp3) is 0.400. The van der Waals surface area contributed by atoms with E-state index in [1.54, 1.807) is 12.1 Å². The zero-order chi connectivity index (χ0) is 17.6. The Morgan fingerprint density at radius 1 is 1.16 bits per heavy atom. The predicted octanol–water partition coefficient (Wildman–Crippen LogP) is 4.44. The third-order valence-corrected chi connectivity index (χ3v) is 4.81. The average Bonchev–Trinajstić information content (AvgIpc) is 2.61. The van der Waals surface area contributed by atoms with Crippen molar-refractivity contribution in [3.05, 3.63) is 69.8 Å². The molecule has 25 heavy (non-hydrogen) atoms. The molecule has 1 saturated heterocycles. The Bertz CT molecular complexity index is 715. The Morgan fingerprint density at radius 3 is 2.56 bits per heavy atom. The highest BCUT2D eigenvalue weighted by Crippen LogP contribution is 2.21. The summed E-state index contributed by atoms with van der Waals surface area (Å²) >= 11 is 0. The van der Waals surface area contributed by atoms with Crippen LogP contribution in [0.4, 0.5) is 11.4 Å². The van der Waals surface area contributed by atoms with Crippen molar-refractivity contribution >= 4 is 11.4 Å². The Labute approximate surface area is 148 Å². The predicted molar refractivity (Wildman–Crippen MR) is 101 cm³/mol. The Kier molecular flexibility index (Phi) is 5.66. The van der Waals surface area contributed by atoms with Crippen LogP contribution in [0.5, 0.6) is 0 Å². The first-order chi connectivity index (χ1) is 12.1. The molecule has 0 spiro atoms. The first kappa shape index (κ1) is 17.4. The maximum Gasteiger partial charge on any atom is 0.269 e. The molecule has 2 aromatic rings. The summed E-state index contributed by atoms with van der Waals surface area (Å²) in [6.07, 6.45) is 2.62. The van der Waals surface area contributed by atoms with Gasteiger partial charge in [-0.05, 0) is 48.6 Å². The van der Waals surface area contributed by atoms with Crippen molar-refractivity contribution in [1.29, 1.82) is 0 Å². The molecule has 2 aromatic carbocycles. The lowest BCUT2D eigenvalue weighted by molar-refractivity contribution is -0.384. The van der Waals surface area contributed by atoms with Crippen molar-refractivity contribution in [2.24, 2.45) is 5.92 Å². The standard InChI is InChI=1S/C20H25N3O2/c1-16-5-4-12-22(14-16)15-18-7-3-2-6-17(18)13-21-19-8-10-20(11-9-19)23(24)25/h2-3,6-11,16,21H,4-5,12-15H2,1H3. The second kappa shape index (κ2) is 8.12. The molecule has 0 amide bonds. The van der Waals surface area contributed by atoms with E-state index < -0.39 is 0 Å². The number of nitrogens with one attached hydrogen (secondary N) is 1. The van der Waals surface area contributed by atoms with Gasteiger partial charge >= 0.3 is 0 Å². The summed E-state index contributed by atoms with van der Waals surface area (Å²) in [4.78, 5) is 12.9. The topological polar surface area (TPSA) is 58.4 Å². The van der Waals surface area contributed by atoms with E-state index in [2.05, 4.69) is 41.4 Å². The smallest absolute Gasteiger partial charge is 0.269 e. The molecule has 1 aliphatic rings. The number of hydrogen-bond acceptors (Lipinski definition) is 4. The highest BCUT2D eigenvalue weighted by atomic mass is 16.6. The molecule has 1 aliphatic heterocycles. The number of nitro benzene ring substituents is 1. The molecule has 1 atom stereocenters. The third kappa shape index (κ3) is 4.79. The molecule has 3 rings (SSSR count). The maximum atomic E-state index is 10.7. The largest absolute Gasteiger partial charge is 0.381 e. The van der Waals surface area contributed by atoms with Crippen molar-refractivity contribution in [3.63, 3.8) is 0 Å². The molecule has 1 unspecified atom stereocenters. The summed E-state index contributed by atoms with van der Waals surface area (Å²) in [7, 11) is 0. The maximum absolute atomic E-state index is 10.7. The van der Waals surface area contributed by atoms with E-state index in [1.807, 2.05) is 0 Å². The average molecular weight is 339 g/mol. The molecule has 1 N–H and O–H groups in total. The van der Waals surface area contributed by atoms with Gasteiger partial charge < -0.3 is 5.32 Å². The summed E-state index contributed by atoms with van der Waals surface area (Å²) in [6, 6.07) is 15.1. The van der Waals surface area contributed by atoms with E-state index in [0.717, 1.165) is 24.7 Å². The monoisotopic (exact) mass is 339 g/mol. The van der Waals surface area contributed by atoms with Gasteiger partial charge in [0.2, 0.25) is 0 Å². The zero-order valence-corrected chi connectivity index (χ0v) is 14.6. The van der Waals surface area contributed by atoms with E-state index >= 15 is 0 Å². The number of anilines is 1. The molecule has 5 heteroatoms. The summed E-state index contributed by atoms with van der Waals surface area (Å²) < 4.78 is 0. The van der Waals surface area contributed by atoms with Gasteiger partial charge in [-0.1, -0.05) is 31.2 Å². The number of piperidine rings is 1. The first-order valence-corrected chi connectivity index (χ1v) is 8.89. The van der Waals surface area contributed by atoms with Crippen molar-refractivity contribution < 1.29 is 4.92 Å². The number of nitro groups is 1. The van der Waals surface area contributed by atoms with Gasteiger partial charge in [0.1, 0.15) is 0 Å². The lowest BCUT2D eigenvalue weighted by atomic mass is 9.99. The van der Waals surface area contributed by atoms with Crippen LogP contribution < -0.4 is 5.32 Å². The number of nitrogens with zero attached hydrogens (tertiary/aromatic N) is 2. The molecule has 1 fully saturated rings. The number of hydrogen-bond donors (Lipinski definition) is 1. The highest BCUT2D eigenvalue weighted by Gasteiger charge is 2.17. The first-order valence-electron chi connectivity index (χ1n) is 8.89. The summed E-state index contributed by atoms with van der Waals surface area (Å²) in [5.41, 5.74) is 3.64. The van der Waals surface area contributed by atoms with Crippen molar-refractivity contribution in [2.75, 3.05) is 18.4 Å². The van der Waals surface area contributed by atoms with E-state index in [-0.39, 0.29) is 10.6 Å². The summed E-state index contributed by atoms with van der Waals surface area (Å²) in [5.74, 6) is 0.777. The molecule has 0 bridgehead atoms. The number of benzene rings is 2. The summed E-state index contributed by atoms with van der Waals surface area (Å²) in [6.45, 7) is 6.38. The molecular formula is C20H25N3O2. The van der Waals surface area contributed by atoms with Crippen LogP contribution in [-0.4, -0.2) is 22.9 Å². The van der Waals surface area contributed by atoms with Crippen LogP contribution in [0.1, 0.15) is 30.9 Å². The molecule has 1 heterocycles. The number of non-ortho nitro benzene ring substituents is 1. The normalized spacial score (nSPS) is 18.0. The van der Waals surface area contributed by atoms with Crippen LogP contribution in [0.3, 0.4) is 0 Å². The molecule has 0 aromatic heterocycles. The van der Waals surface area contributed by atoms with Gasteiger partial charge in [-0.15, -0.1) is 0 Å². The molecule has 0 aliphatic carbocycles. The van der Waals surface area contributed by atoms with Gasteiger partial charge in [-0.2, -0.15) is 0 Å². The lowest BCUT2D eigenvalue weighted by Gasteiger charge is -2.31. The molecule has 0 radical (unpaired) electrons. The SMILES string of the molecule is CC1CCCN(Cc2ccccc2CNc2ccc([N+](=O)[O-])cc2)C1. The Balaban J connectivity index is 1.63. The third-order valence-electron chi connectivity index (χ3n) is 4.81. The Hall–Kier alpha value is -2.40. The fourth-order valence-electron chi connectivity index (χ4n) is 3.45. The van der Waals surface area contributed by atoms with Crippen LogP contribution in [0, 0.1) is 16.0 Å². The van der Waals surface area contributed by atoms with Crippen molar-refractivity contribution in [2.45, 2.75) is 32.9 Å². The van der Waals surface area contributed by atoms with Gasteiger partial charge in [0, 0.05) is 37.5 Å². The van der Waals surface area contributed by atoms with E-state index in [1.165, 1.54) is 49.2 Å². The van der Waals surface area contributed by atoms with E-state index in [9.17, 15) is 10.1 Å². The van der Waals surface area contributed by atoms with Crippen LogP contribution in [0.25, 0.3) is 0 Å². The minimum absolute atomic E-state index is 0.116. The molecule has 5 nitrogen and oxygen atoms in total. The van der Waals surface area contributed by atoms with E-state index in [4.69, 9.17) is 0 Å². The van der Waals surface area contributed by atoms with Crippen LogP contribution >= 0.6 is 0 Å². The molecule has 132 valence electrons. The zero-order valence-electron chi connectivity index (χ0n) is 14.6. The lowest BCUT2D eigenvalue weighted by Crippen LogP contribution is -2.34. The number of rotatable bonds is 6. The van der Waals surface area contributed by atoms with Crippen LogP contribution in [-0.2, 0) is 13.1 Å². The minimum atomic E-state index is -0.376. The minimum Gasteiger partial charge on any atom is -0.381 e. The van der Waals surface area contributed by atoms with E-state index in [0.29, 0.717) is 0 Å². The second-order valence-electron chi connectivity index (χ2n) is 6.91. The van der Waals surface area contributed by atoms with Crippen molar-refractivity contribution in [3.8, 4) is 0 Å². The number of likely N-dealkylation sites (tertiary alicyclic amines) is 1. The van der Waals surface area contributed by atoms with Crippen LogP contribution in [0.2, 0.25) is 0 Å². The molecule has 0 saturated carbocycles. The summed E-state index contributed by atoms with van der Waals surface area (Å²) in [5, 5.41) is 14.1. The van der Waals surface area contributed by atoms with Crippen LogP contribution in [0.15, 0.2) is 48.5 Å². The van der Waals surface area contributed by atoms with Gasteiger partial charge in [0.05, 0.1) is 4.92 Å². The highest BCUT2D eigenvalue weighted by molar-refractivity contribution is 5.49. The van der Waals surface area contributed by atoms with Gasteiger partial charge in [-0.3, -0.25) is 15.0 Å². The van der Waals surface area contributed by atoms with Gasteiger partial charge in [0.25, 0.3) is 5.69 Å². The second-order valence-corrected chi connectivity index (χ2v) is 6.91. The van der Waals surface area contributed by atoms with Gasteiger partial charge in [-0.25, -0.2) is 0 Å². The fourth-order valence-corrected chi connectivity index (χ4v) is 3.45. The van der Waals surface area contributed by atoms with Gasteiger partial charge in [0.15, 0.2) is 0 Å².